The molecule has 2 rings (SSSR count). The van der Waals surface area contributed by atoms with Crippen molar-refractivity contribution < 1.29 is 4.90 Å². The third kappa shape index (κ3) is 3.62. The van der Waals surface area contributed by atoms with Gasteiger partial charge in [0.2, 0.25) is 0 Å². The molecule has 0 aliphatic carbocycles. The minimum atomic E-state index is 0.633. The van der Waals surface area contributed by atoms with Crippen molar-refractivity contribution in [3.8, 4) is 0 Å². The lowest BCUT2D eigenvalue weighted by atomic mass is 10.2. The van der Waals surface area contributed by atoms with Gasteiger partial charge in [-0.15, -0.1) is 0 Å². The Balaban J connectivity index is 2.03. The summed E-state index contributed by atoms with van der Waals surface area (Å²) in [4.78, 5) is 3.84. The zero-order valence-corrected chi connectivity index (χ0v) is 13.9. The van der Waals surface area contributed by atoms with E-state index in [1.807, 2.05) is 25.1 Å². The fraction of sp³-hybridized carbons (Fsp3) is 0.533. The zero-order chi connectivity index (χ0) is 14.7. The summed E-state index contributed by atoms with van der Waals surface area (Å²) in [6, 6.07) is 6.50. The molecule has 20 heavy (non-hydrogen) atoms. The van der Waals surface area contributed by atoms with Gasteiger partial charge in [0.25, 0.3) is 0 Å². The summed E-state index contributed by atoms with van der Waals surface area (Å²) < 4.78 is 0. The Morgan fingerprint density at radius 1 is 1.45 bits per heavy atom. The molecule has 1 aromatic rings. The Kier molecular flexibility index (Phi) is 5.24. The average molecular weight is 313 g/mol. The van der Waals surface area contributed by atoms with Gasteiger partial charge in [-0.25, -0.2) is 0 Å². The average Bonchev–Trinajstić information content (AvgIpc) is 2.44. The molecule has 1 aliphatic rings. The molecule has 0 amide bonds. The lowest BCUT2D eigenvalue weighted by molar-refractivity contribution is -0.934. The van der Waals surface area contributed by atoms with Crippen molar-refractivity contribution in [1.29, 1.82) is 0 Å². The van der Waals surface area contributed by atoms with Crippen molar-refractivity contribution in [1.82, 2.24) is 4.90 Å². The van der Waals surface area contributed by atoms with Crippen molar-refractivity contribution in [2.24, 2.45) is 0 Å². The first kappa shape index (κ1) is 15.5. The molecule has 0 radical (unpaired) electrons. The highest BCUT2D eigenvalue weighted by molar-refractivity contribution is 7.80. The van der Waals surface area contributed by atoms with Crippen molar-refractivity contribution in [3.63, 3.8) is 0 Å². The van der Waals surface area contributed by atoms with Gasteiger partial charge in [0, 0.05) is 23.7 Å². The lowest BCUT2D eigenvalue weighted by Gasteiger charge is -2.36. The Bertz CT molecular complexity index is 490. The van der Waals surface area contributed by atoms with Gasteiger partial charge in [0.15, 0.2) is 11.8 Å². The van der Waals surface area contributed by atoms with E-state index in [0.717, 1.165) is 34.6 Å². The highest BCUT2D eigenvalue weighted by Crippen LogP contribution is 2.23. The number of halogens is 1. The van der Waals surface area contributed by atoms with Crippen LogP contribution < -0.4 is 10.2 Å². The first-order valence-electron chi connectivity index (χ1n) is 7.14. The van der Waals surface area contributed by atoms with E-state index in [1.54, 1.807) is 4.90 Å². The summed E-state index contributed by atoms with van der Waals surface area (Å²) in [6.45, 7) is 9.76. The largest absolute Gasteiger partial charge is 0.332 e. The molecule has 1 heterocycles. The molecule has 2 N–H and O–H groups in total. The number of rotatable bonds is 2. The second-order valence-corrected chi connectivity index (χ2v) is 6.47. The van der Waals surface area contributed by atoms with Crippen molar-refractivity contribution in [2.75, 3.05) is 25.1 Å². The third-order valence-corrected chi connectivity index (χ3v) is 4.70. The smallest absolute Gasteiger partial charge is 0.177 e. The van der Waals surface area contributed by atoms with Crippen LogP contribution in [0.2, 0.25) is 5.02 Å². The van der Waals surface area contributed by atoms with Gasteiger partial charge in [-0.3, -0.25) is 0 Å². The summed E-state index contributed by atoms with van der Waals surface area (Å²) in [5, 5.41) is 4.91. The first-order valence-corrected chi connectivity index (χ1v) is 7.93. The summed E-state index contributed by atoms with van der Waals surface area (Å²) in [5.74, 6) is 0. The summed E-state index contributed by atoms with van der Waals surface area (Å²) >= 11 is 11.7. The maximum absolute atomic E-state index is 6.15. The summed E-state index contributed by atoms with van der Waals surface area (Å²) in [6.07, 6.45) is 1.18. The Labute approximate surface area is 131 Å². The van der Waals surface area contributed by atoms with Crippen molar-refractivity contribution >= 4 is 34.6 Å². The molecular formula is C15H23ClN3S+. The molecule has 0 saturated carbocycles. The van der Waals surface area contributed by atoms with Crippen LogP contribution in [0.15, 0.2) is 18.2 Å². The predicted molar refractivity (Wildman–Crippen MR) is 89.6 cm³/mol. The van der Waals surface area contributed by atoms with E-state index in [1.165, 1.54) is 13.0 Å². The fourth-order valence-electron chi connectivity index (χ4n) is 2.48. The molecule has 3 nitrogen and oxygen atoms in total. The van der Waals surface area contributed by atoms with Gasteiger partial charge in [-0.05, 0) is 50.7 Å². The van der Waals surface area contributed by atoms with E-state index in [9.17, 15) is 0 Å². The quantitative estimate of drug-likeness (QED) is 0.818. The second-order valence-electron chi connectivity index (χ2n) is 5.68. The van der Waals surface area contributed by atoms with Crippen molar-refractivity contribution in [2.45, 2.75) is 33.2 Å². The molecule has 0 bridgehead atoms. The number of nitrogens with one attached hydrogen (secondary N) is 2. The SMILES string of the molecule is Cc1c(Cl)cccc1NC(=S)N1CCC[NH+](C(C)C)C1. The van der Waals surface area contributed by atoms with Crippen LogP contribution in [0.1, 0.15) is 25.8 Å². The number of anilines is 1. The highest BCUT2D eigenvalue weighted by atomic mass is 35.5. The lowest BCUT2D eigenvalue weighted by Crippen LogP contribution is -3.17. The number of thiocarbonyl (C=S) groups is 1. The highest BCUT2D eigenvalue weighted by Gasteiger charge is 2.24. The van der Waals surface area contributed by atoms with Gasteiger partial charge < -0.3 is 15.1 Å². The van der Waals surface area contributed by atoms with Crippen LogP contribution in [0.5, 0.6) is 0 Å². The summed E-state index contributed by atoms with van der Waals surface area (Å²) in [7, 11) is 0. The van der Waals surface area contributed by atoms with Crippen LogP contribution in [0, 0.1) is 6.92 Å². The Hall–Kier alpha value is -0.840. The molecule has 110 valence electrons. The standard InChI is InChI=1S/C15H22ClN3S/c1-11(2)18-8-5-9-19(10-18)15(20)17-14-7-4-6-13(16)12(14)3/h4,6-7,11H,5,8-10H2,1-3H3,(H,17,20)/p+1. The Morgan fingerprint density at radius 3 is 2.90 bits per heavy atom. The van der Waals surface area contributed by atoms with Crippen LogP contribution >= 0.6 is 23.8 Å². The van der Waals surface area contributed by atoms with E-state index in [2.05, 4.69) is 24.1 Å². The molecule has 1 aliphatic heterocycles. The molecule has 1 atom stereocenters. The number of nitrogens with zero attached hydrogens (tertiary/aromatic N) is 1. The number of quaternary nitrogens is 1. The van der Waals surface area contributed by atoms with Crippen LogP contribution in [0.25, 0.3) is 0 Å². The monoisotopic (exact) mass is 312 g/mol. The van der Waals surface area contributed by atoms with Gasteiger partial charge >= 0.3 is 0 Å². The van der Waals surface area contributed by atoms with E-state index in [0.29, 0.717) is 6.04 Å². The molecule has 1 saturated heterocycles. The number of benzene rings is 1. The van der Waals surface area contributed by atoms with E-state index >= 15 is 0 Å². The zero-order valence-electron chi connectivity index (χ0n) is 12.4. The molecule has 1 aromatic carbocycles. The van der Waals surface area contributed by atoms with Gasteiger partial charge in [-0.2, -0.15) is 0 Å². The molecular weight excluding hydrogens is 290 g/mol. The second kappa shape index (κ2) is 6.74. The van der Waals surface area contributed by atoms with Gasteiger partial charge in [0.05, 0.1) is 12.6 Å². The van der Waals surface area contributed by atoms with E-state index < -0.39 is 0 Å². The number of hydrogen-bond acceptors (Lipinski definition) is 1. The maximum Gasteiger partial charge on any atom is 0.177 e. The summed E-state index contributed by atoms with van der Waals surface area (Å²) in [5.41, 5.74) is 2.04. The molecule has 0 spiro atoms. The molecule has 1 fully saturated rings. The third-order valence-electron chi connectivity index (χ3n) is 3.93. The van der Waals surface area contributed by atoms with Crippen LogP contribution in [-0.2, 0) is 0 Å². The maximum atomic E-state index is 6.15. The fourth-order valence-corrected chi connectivity index (χ4v) is 2.92. The van der Waals surface area contributed by atoms with Crippen LogP contribution in [0.4, 0.5) is 5.69 Å². The normalized spacial score (nSPS) is 19.2. The van der Waals surface area contributed by atoms with Gasteiger partial charge in [-0.1, -0.05) is 17.7 Å². The first-order chi connectivity index (χ1) is 9.49. The number of hydrogen-bond donors (Lipinski definition) is 2. The van der Waals surface area contributed by atoms with Crippen LogP contribution in [-0.4, -0.2) is 35.8 Å². The minimum Gasteiger partial charge on any atom is -0.332 e. The predicted octanol–water partition coefficient (Wildman–Crippen LogP) is 2.30. The topological polar surface area (TPSA) is 19.7 Å². The molecule has 0 aromatic heterocycles. The van der Waals surface area contributed by atoms with E-state index in [-0.39, 0.29) is 0 Å². The molecule has 1 unspecified atom stereocenters. The van der Waals surface area contributed by atoms with Crippen LogP contribution in [0.3, 0.4) is 0 Å². The molecule has 5 heteroatoms. The Morgan fingerprint density at radius 2 is 2.20 bits per heavy atom. The minimum absolute atomic E-state index is 0.633. The van der Waals surface area contributed by atoms with Crippen molar-refractivity contribution in [3.05, 3.63) is 28.8 Å². The van der Waals surface area contributed by atoms with Gasteiger partial charge in [0.1, 0.15) is 0 Å². The van der Waals surface area contributed by atoms with E-state index in [4.69, 9.17) is 23.8 Å².